The van der Waals surface area contributed by atoms with Crippen LogP contribution in [0.2, 0.25) is 0 Å². The van der Waals surface area contributed by atoms with Crippen LogP contribution in [0.5, 0.6) is 11.5 Å². The summed E-state index contributed by atoms with van der Waals surface area (Å²) in [6.07, 6.45) is 1.60. The molecule has 2 N–H and O–H groups in total. The molecule has 7 nitrogen and oxygen atoms in total. The summed E-state index contributed by atoms with van der Waals surface area (Å²) in [5, 5.41) is 14.1. The van der Waals surface area contributed by atoms with Gasteiger partial charge in [-0.15, -0.1) is 10.2 Å². The average molecular weight is 344 g/mol. The van der Waals surface area contributed by atoms with Gasteiger partial charge in [0, 0.05) is 12.0 Å². The van der Waals surface area contributed by atoms with Gasteiger partial charge in [-0.25, -0.2) is 0 Å². The molecule has 1 aromatic heterocycles. The number of methoxy groups -OCH3 is 2. The van der Waals surface area contributed by atoms with E-state index in [1.54, 1.807) is 32.4 Å². The first-order valence-electron chi connectivity index (χ1n) is 8.24. The normalized spacial score (nSPS) is 10.4. The molecule has 25 heavy (non-hydrogen) atoms. The second kappa shape index (κ2) is 8.86. The predicted molar refractivity (Wildman–Crippen MR) is 97.6 cm³/mol. The third kappa shape index (κ3) is 4.82. The largest absolute Gasteiger partial charge is 0.497 e. The zero-order valence-electron chi connectivity index (χ0n) is 15.0. The van der Waals surface area contributed by atoms with Crippen LogP contribution in [0, 0.1) is 5.92 Å². The number of anilines is 3. The van der Waals surface area contributed by atoms with Crippen molar-refractivity contribution >= 4 is 23.2 Å². The molecule has 0 atom stereocenters. The van der Waals surface area contributed by atoms with Crippen molar-refractivity contribution in [3.05, 3.63) is 30.3 Å². The fourth-order valence-electron chi connectivity index (χ4n) is 2.39. The van der Waals surface area contributed by atoms with Crippen molar-refractivity contribution in [1.29, 1.82) is 0 Å². The lowest BCUT2D eigenvalue weighted by molar-refractivity contribution is -0.120. The van der Waals surface area contributed by atoms with E-state index in [-0.39, 0.29) is 11.8 Å². The van der Waals surface area contributed by atoms with Crippen molar-refractivity contribution in [2.24, 2.45) is 5.92 Å². The van der Waals surface area contributed by atoms with Crippen LogP contribution in [0.25, 0.3) is 0 Å². The Kier molecular flexibility index (Phi) is 6.56. The number of benzene rings is 1. The SMILES string of the molecule is CCC(CC)C(=O)Nc1ccc(Nc2ccc(OC)cc2OC)nn1. The molecule has 0 aliphatic heterocycles. The molecule has 0 aliphatic rings. The molecule has 134 valence electrons. The highest BCUT2D eigenvalue weighted by Gasteiger charge is 2.15. The summed E-state index contributed by atoms with van der Waals surface area (Å²) in [5.74, 6) is 2.27. The topological polar surface area (TPSA) is 85.4 Å². The van der Waals surface area contributed by atoms with E-state index < -0.39 is 0 Å². The van der Waals surface area contributed by atoms with Crippen molar-refractivity contribution < 1.29 is 14.3 Å². The minimum absolute atomic E-state index is 0.0110. The summed E-state index contributed by atoms with van der Waals surface area (Å²) in [4.78, 5) is 12.1. The first-order chi connectivity index (χ1) is 12.1. The van der Waals surface area contributed by atoms with Crippen molar-refractivity contribution in [1.82, 2.24) is 10.2 Å². The van der Waals surface area contributed by atoms with Crippen LogP contribution in [-0.2, 0) is 4.79 Å². The summed E-state index contributed by atoms with van der Waals surface area (Å²) in [6, 6.07) is 8.90. The Morgan fingerprint density at radius 2 is 1.72 bits per heavy atom. The standard InChI is InChI=1S/C18H24N4O3/c1-5-12(6-2)18(23)20-17-10-9-16(21-22-17)19-14-8-7-13(24-3)11-15(14)25-4/h7-12H,5-6H2,1-4H3,(H,19,21)(H,20,22,23). The fraction of sp³-hybridized carbons (Fsp3) is 0.389. The Balaban J connectivity index is 2.07. The van der Waals surface area contributed by atoms with E-state index in [2.05, 4.69) is 20.8 Å². The van der Waals surface area contributed by atoms with Gasteiger partial charge in [0.15, 0.2) is 11.6 Å². The Morgan fingerprint density at radius 3 is 2.28 bits per heavy atom. The third-order valence-electron chi connectivity index (χ3n) is 3.94. The second-order valence-electron chi connectivity index (χ2n) is 5.50. The van der Waals surface area contributed by atoms with Crippen LogP contribution in [0.1, 0.15) is 26.7 Å². The van der Waals surface area contributed by atoms with Gasteiger partial charge in [-0.1, -0.05) is 13.8 Å². The Labute approximate surface area is 147 Å². The predicted octanol–water partition coefficient (Wildman–Crippen LogP) is 3.61. The second-order valence-corrected chi connectivity index (χ2v) is 5.50. The number of aromatic nitrogens is 2. The van der Waals surface area contributed by atoms with Crippen molar-refractivity contribution in [3.63, 3.8) is 0 Å². The minimum atomic E-state index is -0.0307. The van der Waals surface area contributed by atoms with E-state index in [0.29, 0.717) is 23.1 Å². The first-order valence-corrected chi connectivity index (χ1v) is 8.24. The summed E-state index contributed by atoms with van der Waals surface area (Å²) in [7, 11) is 3.18. The van der Waals surface area contributed by atoms with Crippen LogP contribution in [0.15, 0.2) is 30.3 Å². The highest BCUT2D eigenvalue weighted by atomic mass is 16.5. The van der Waals surface area contributed by atoms with Gasteiger partial charge in [-0.2, -0.15) is 0 Å². The molecular formula is C18H24N4O3. The van der Waals surface area contributed by atoms with E-state index in [4.69, 9.17) is 9.47 Å². The molecular weight excluding hydrogens is 320 g/mol. The van der Waals surface area contributed by atoms with Gasteiger partial charge in [0.05, 0.1) is 19.9 Å². The maximum absolute atomic E-state index is 12.1. The summed E-state index contributed by atoms with van der Waals surface area (Å²) in [6.45, 7) is 3.99. The quantitative estimate of drug-likeness (QED) is 0.761. The number of nitrogens with zero attached hydrogens (tertiary/aromatic N) is 2. The van der Waals surface area contributed by atoms with Crippen molar-refractivity contribution in [2.45, 2.75) is 26.7 Å². The zero-order valence-corrected chi connectivity index (χ0v) is 15.0. The van der Waals surface area contributed by atoms with E-state index in [1.807, 2.05) is 26.0 Å². The molecule has 0 saturated heterocycles. The monoisotopic (exact) mass is 344 g/mol. The smallest absolute Gasteiger partial charge is 0.228 e. The molecule has 2 rings (SSSR count). The minimum Gasteiger partial charge on any atom is -0.497 e. The maximum atomic E-state index is 12.1. The van der Waals surface area contributed by atoms with Crippen LogP contribution in [-0.4, -0.2) is 30.3 Å². The van der Waals surface area contributed by atoms with Crippen LogP contribution >= 0.6 is 0 Å². The number of carbonyl (C=O) groups excluding carboxylic acids is 1. The molecule has 0 saturated carbocycles. The van der Waals surface area contributed by atoms with Gasteiger partial charge in [-0.3, -0.25) is 4.79 Å². The van der Waals surface area contributed by atoms with Gasteiger partial charge in [-0.05, 0) is 37.1 Å². The number of hydrogen-bond donors (Lipinski definition) is 2. The molecule has 0 spiro atoms. The Morgan fingerprint density at radius 1 is 1.04 bits per heavy atom. The molecule has 0 radical (unpaired) electrons. The number of amides is 1. The molecule has 0 unspecified atom stereocenters. The van der Waals surface area contributed by atoms with Crippen molar-refractivity contribution in [3.8, 4) is 11.5 Å². The van der Waals surface area contributed by atoms with Gasteiger partial charge in [0.1, 0.15) is 11.5 Å². The molecule has 1 aromatic carbocycles. The highest BCUT2D eigenvalue weighted by molar-refractivity contribution is 5.91. The van der Waals surface area contributed by atoms with E-state index in [9.17, 15) is 4.79 Å². The number of hydrogen-bond acceptors (Lipinski definition) is 6. The highest BCUT2D eigenvalue weighted by Crippen LogP contribution is 2.30. The van der Waals surface area contributed by atoms with Crippen LogP contribution < -0.4 is 20.1 Å². The number of carbonyl (C=O) groups is 1. The van der Waals surface area contributed by atoms with Crippen LogP contribution in [0.4, 0.5) is 17.3 Å². The first kappa shape index (κ1) is 18.5. The molecule has 0 fully saturated rings. The van der Waals surface area contributed by atoms with Gasteiger partial charge in [0.2, 0.25) is 5.91 Å². The number of rotatable bonds is 8. The van der Waals surface area contributed by atoms with E-state index >= 15 is 0 Å². The summed E-state index contributed by atoms with van der Waals surface area (Å²) in [5.41, 5.74) is 0.742. The van der Waals surface area contributed by atoms with Gasteiger partial charge < -0.3 is 20.1 Å². The molecule has 7 heteroatoms. The molecule has 2 aromatic rings. The zero-order chi connectivity index (χ0) is 18.2. The fourth-order valence-corrected chi connectivity index (χ4v) is 2.39. The van der Waals surface area contributed by atoms with Gasteiger partial charge in [0.25, 0.3) is 0 Å². The van der Waals surface area contributed by atoms with Crippen molar-refractivity contribution in [2.75, 3.05) is 24.9 Å². The van der Waals surface area contributed by atoms with E-state index in [0.717, 1.165) is 18.5 Å². The molecule has 1 amide bonds. The Bertz CT molecular complexity index is 700. The molecule has 0 aliphatic carbocycles. The maximum Gasteiger partial charge on any atom is 0.228 e. The average Bonchev–Trinajstić information content (AvgIpc) is 2.64. The van der Waals surface area contributed by atoms with Crippen LogP contribution in [0.3, 0.4) is 0 Å². The summed E-state index contributed by atoms with van der Waals surface area (Å²) < 4.78 is 10.5. The van der Waals surface area contributed by atoms with Gasteiger partial charge >= 0.3 is 0 Å². The third-order valence-corrected chi connectivity index (χ3v) is 3.94. The number of ether oxygens (including phenoxy) is 2. The molecule has 0 bridgehead atoms. The lowest BCUT2D eigenvalue weighted by Crippen LogP contribution is -2.22. The molecule has 1 heterocycles. The summed E-state index contributed by atoms with van der Waals surface area (Å²) >= 11 is 0. The Hall–Kier alpha value is -2.83. The number of nitrogens with one attached hydrogen (secondary N) is 2. The van der Waals surface area contributed by atoms with E-state index in [1.165, 1.54) is 0 Å². The lowest BCUT2D eigenvalue weighted by Gasteiger charge is -2.13. The lowest BCUT2D eigenvalue weighted by atomic mass is 10.0.